The molecule has 0 aromatic heterocycles. The van der Waals surface area contributed by atoms with Crippen LogP contribution in [0.5, 0.6) is 0 Å². The first kappa shape index (κ1) is 64.0. The molecule has 0 fully saturated rings. The molecule has 384 valence electrons. The number of carbonyl (C=O) groups is 2. The van der Waals surface area contributed by atoms with Crippen LogP contribution < -0.4 is 0 Å². The van der Waals surface area contributed by atoms with E-state index in [2.05, 4.69) is 154 Å². The van der Waals surface area contributed by atoms with Crippen molar-refractivity contribution in [1.29, 1.82) is 0 Å². The SMILES string of the molecule is CC/C=C\C/C=C\C/C=C\C/C=C\C/C=C\CCCCOCC(COC(=O)CCCCCCCC/C=C\C/C=C\C/C=C\C/C=C\CC)OC(=O)CCCCCCC/C=C\C/C=C\CCCCC. The molecule has 0 aliphatic carbocycles. The van der Waals surface area contributed by atoms with Crippen LogP contribution in [0.2, 0.25) is 0 Å². The van der Waals surface area contributed by atoms with Crippen molar-refractivity contribution >= 4 is 11.9 Å². The van der Waals surface area contributed by atoms with Gasteiger partial charge in [-0.2, -0.15) is 0 Å². The Kier molecular flexibility index (Phi) is 54.0. The zero-order valence-electron chi connectivity index (χ0n) is 44.1. The van der Waals surface area contributed by atoms with Gasteiger partial charge in [0.05, 0.1) is 6.61 Å². The third-order valence-corrected chi connectivity index (χ3v) is 11.2. The van der Waals surface area contributed by atoms with Gasteiger partial charge in [0.1, 0.15) is 6.61 Å². The summed E-state index contributed by atoms with van der Waals surface area (Å²) in [5.41, 5.74) is 0. The third kappa shape index (κ3) is 54.6. The van der Waals surface area contributed by atoms with E-state index in [0.29, 0.717) is 19.4 Å². The van der Waals surface area contributed by atoms with E-state index >= 15 is 0 Å². The van der Waals surface area contributed by atoms with Crippen LogP contribution in [0, 0.1) is 0 Å². The molecule has 5 heteroatoms. The number of hydrogen-bond acceptors (Lipinski definition) is 5. The molecular weight excluding hydrogens is 837 g/mol. The fourth-order valence-corrected chi connectivity index (χ4v) is 7.09. The zero-order valence-corrected chi connectivity index (χ0v) is 44.1. The molecule has 5 nitrogen and oxygen atoms in total. The van der Waals surface area contributed by atoms with Crippen molar-refractivity contribution in [2.24, 2.45) is 0 Å². The molecule has 0 aromatic rings. The minimum absolute atomic E-state index is 0.0457. The molecule has 1 atom stereocenters. The molecule has 68 heavy (non-hydrogen) atoms. The van der Waals surface area contributed by atoms with Crippen molar-refractivity contribution < 1.29 is 23.8 Å². The van der Waals surface area contributed by atoms with E-state index in [9.17, 15) is 9.59 Å². The van der Waals surface area contributed by atoms with Gasteiger partial charge in [-0.3, -0.25) is 9.59 Å². The second-order valence-corrected chi connectivity index (χ2v) is 17.7. The van der Waals surface area contributed by atoms with Crippen LogP contribution in [0.4, 0.5) is 0 Å². The Morgan fingerprint density at radius 3 is 1.06 bits per heavy atom. The maximum Gasteiger partial charge on any atom is 0.306 e. The summed E-state index contributed by atoms with van der Waals surface area (Å²) in [6, 6.07) is 0. The van der Waals surface area contributed by atoms with Crippen LogP contribution in [0.3, 0.4) is 0 Å². The smallest absolute Gasteiger partial charge is 0.306 e. The second-order valence-electron chi connectivity index (χ2n) is 17.7. The fourth-order valence-electron chi connectivity index (χ4n) is 7.09. The minimum Gasteiger partial charge on any atom is -0.462 e. The number of ether oxygens (including phenoxy) is 3. The number of unbranched alkanes of at least 4 members (excludes halogenated alkanes) is 16. The van der Waals surface area contributed by atoms with Crippen molar-refractivity contribution in [3.63, 3.8) is 0 Å². The molecule has 0 amide bonds. The third-order valence-electron chi connectivity index (χ3n) is 11.2. The van der Waals surface area contributed by atoms with Gasteiger partial charge in [-0.25, -0.2) is 0 Å². The van der Waals surface area contributed by atoms with Gasteiger partial charge < -0.3 is 14.2 Å². The van der Waals surface area contributed by atoms with Crippen molar-refractivity contribution in [3.8, 4) is 0 Å². The number of hydrogen-bond donors (Lipinski definition) is 0. The van der Waals surface area contributed by atoms with E-state index < -0.39 is 6.10 Å². The summed E-state index contributed by atoms with van der Waals surface area (Å²) >= 11 is 0. The summed E-state index contributed by atoms with van der Waals surface area (Å²) in [7, 11) is 0. The maximum absolute atomic E-state index is 12.8. The topological polar surface area (TPSA) is 61.8 Å². The van der Waals surface area contributed by atoms with Crippen molar-refractivity contribution in [2.45, 2.75) is 232 Å². The van der Waals surface area contributed by atoms with Crippen molar-refractivity contribution in [3.05, 3.63) is 134 Å². The summed E-state index contributed by atoms with van der Waals surface area (Å²) in [5, 5.41) is 0. The molecule has 0 N–H and O–H groups in total. The van der Waals surface area contributed by atoms with Gasteiger partial charge >= 0.3 is 11.9 Å². The molecule has 0 heterocycles. The van der Waals surface area contributed by atoms with Gasteiger partial charge in [0.15, 0.2) is 6.10 Å². The first-order valence-electron chi connectivity index (χ1n) is 27.7. The van der Waals surface area contributed by atoms with Gasteiger partial charge in [-0.05, 0) is 135 Å². The van der Waals surface area contributed by atoms with Crippen LogP contribution in [0.25, 0.3) is 0 Å². The molecule has 0 saturated heterocycles. The summed E-state index contributed by atoms with van der Waals surface area (Å²) in [6.07, 6.45) is 81.8. The molecule has 0 saturated carbocycles. The molecule has 0 radical (unpaired) electrons. The lowest BCUT2D eigenvalue weighted by Gasteiger charge is -2.18. The normalized spacial score (nSPS) is 13.3. The lowest BCUT2D eigenvalue weighted by Crippen LogP contribution is -2.30. The second kappa shape index (κ2) is 57.4. The van der Waals surface area contributed by atoms with Gasteiger partial charge in [-0.15, -0.1) is 0 Å². The Hall–Kier alpha value is -3.96. The highest BCUT2D eigenvalue weighted by Gasteiger charge is 2.17. The summed E-state index contributed by atoms with van der Waals surface area (Å²) in [4.78, 5) is 25.5. The lowest BCUT2D eigenvalue weighted by molar-refractivity contribution is -0.163. The largest absolute Gasteiger partial charge is 0.462 e. The molecular formula is C63H102O5. The van der Waals surface area contributed by atoms with Gasteiger partial charge in [0.2, 0.25) is 0 Å². The Morgan fingerprint density at radius 1 is 0.338 bits per heavy atom. The Morgan fingerprint density at radius 2 is 0.662 bits per heavy atom. The summed E-state index contributed by atoms with van der Waals surface area (Å²) in [5.74, 6) is -0.461. The van der Waals surface area contributed by atoms with E-state index in [4.69, 9.17) is 14.2 Å². The van der Waals surface area contributed by atoms with Crippen LogP contribution in [-0.4, -0.2) is 37.9 Å². The molecule has 0 aliphatic rings. The monoisotopic (exact) mass is 939 g/mol. The van der Waals surface area contributed by atoms with E-state index in [0.717, 1.165) is 135 Å². The highest BCUT2D eigenvalue weighted by molar-refractivity contribution is 5.70. The lowest BCUT2D eigenvalue weighted by atomic mass is 10.1. The van der Waals surface area contributed by atoms with E-state index in [1.165, 1.54) is 57.8 Å². The molecule has 0 aliphatic heterocycles. The van der Waals surface area contributed by atoms with Crippen LogP contribution >= 0.6 is 0 Å². The van der Waals surface area contributed by atoms with Crippen LogP contribution in [-0.2, 0) is 23.8 Å². The highest BCUT2D eigenvalue weighted by atomic mass is 16.6. The number of allylic oxidation sites excluding steroid dienone is 22. The first-order chi connectivity index (χ1) is 33.6. The highest BCUT2D eigenvalue weighted by Crippen LogP contribution is 2.13. The number of carbonyl (C=O) groups excluding carboxylic acids is 2. The molecule has 0 spiro atoms. The van der Waals surface area contributed by atoms with Gasteiger partial charge in [0, 0.05) is 19.4 Å². The molecule has 1 unspecified atom stereocenters. The van der Waals surface area contributed by atoms with E-state index in [1.54, 1.807) is 0 Å². The predicted molar refractivity (Wildman–Crippen MR) is 297 cm³/mol. The Labute approximate surface area is 419 Å². The first-order valence-corrected chi connectivity index (χ1v) is 27.7. The summed E-state index contributed by atoms with van der Waals surface area (Å²) < 4.78 is 17.4. The molecule has 0 aromatic carbocycles. The quantitative estimate of drug-likeness (QED) is 0.0345. The minimum atomic E-state index is -0.583. The van der Waals surface area contributed by atoms with Crippen LogP contribution in [0.15, 0.2) is 134 Å². The van der Waals surface area contributed by atoms with E-state index in [1.807, 2.05) is 0 Å². The van der Waals surface area contributed by atoms with Gasteiger partial charge in [-0.1, -0.05) is 212 Å². The van der Waals surface area contributed by atoms with Crippen LogP contribution in [0.1, 0.15) is 226 Å². The van der Waals surface area contributed by atoms with E-state index in [-0.39, 0.29) is 25.2 Å². The molecule has 0 rings (SSSR count). The average molecular weight is 940 g/mol. The predicted octanol–water partition coefficient (Wildman–Crippen LogP) is 19.1. The van der Waals surface area contributed by atoms with Gasteiger partial charge in [0.25, 0.3) is 0 Å². The Balaban J connectivity index is 4.43. The fraction of sp³-hybridized carbons (Fsp3) is 0.619. The number of esters is 2. The van der Waals surface area contributed by atoms with Crippen molar-refractivity contribution in [1.82, 2.24) is 0 Å². The zero-order chi connectivity index (χ0) is 49.2. The molecule has 0 bridgehead atoms. The maximum atomic E-state index is 12.8. The standard InChI is InChI=1S/C63H102O5/c1-4-7-10-13-16-19-22-25-28-30-32-33-36-38-41-44-47-50-53-56-62(64)67-60-61(68-63(65)57-54-51-48-45-42-39-35-27-24-21-18-15-12-9-6-3)59-66-58-55-52-49-46-43-40-37-34-31-29-26-23-20-17-14-11-8-5-2/h7-8,10-11,16-21,25-29,32-35,37,43,46,61H,4-6,9,12-15,22-24,30-31,36,38-42,44-45,47-60H2,1-3H3/b10-7-,11-8-,19-16-,20-17-,21-18-,28-25-,29-26-,33-32-,35-27-,37-34-,46-43-. The Bertz CT molecular complexity index is 1430. The average Bonchev–Trinajstić information content (AvgIpc) is 3.34. The number of rotatable bonds is 49. The van der Waals surface area contributed by atoms with Crippen molar-refractivity contribution in [2.75, 3.05) is 19.8 Å². The summed E-state index contributed by atoms with van der Waals surface area (Å²) in [6.45, 7) is 7.43.